The third-order valence-corrected chi connectivity index (χ3v) is 7.85. The first kappa shape index (κ1) is 24.0. The number of piperazine rings is 1. The van der Waals surface area contributed by atoms with Gasteiger partial charge in [-0.2, -0.15) is 0 Å². The zero-order valence-electron chi connectivity index (χ0n) is 18.5. The summed E-state index contributed by atoms with van der Waals surface area (Å²) in [5.41, 5.74) is 3.07. The Morgan fingerprint density at radius 3 is 2.50 bits per heavy atom. The highest BCUT2D eigenvalue weighted by atomic mass is 35.5. The molecule has 4 nitrogen and oxygen atoms in total. The summed E-state index contributed by atoms with van der Waals surface area (Å²) >= 11 is 19.0. The Labute approximate surface area is 206 Å². The molecule has 174 valence electrons. The van der Waals surface area contributed by atoms with Gasteiger partial charge in [-0.15, -0.1) is 0 Å². The van der Waals surface area contributed by atoms with Gasteiger partial charge in [0.2, 0.25) is 0 Å². The van der Waals surface area contributed by atoms with E-state index >= 15 is 0 Å². The molecule has 1 heterocycles. The van der Waals surface area contributed by atoms with E-state index in [0.29, 0.717) is 33.6 Å². The normalized spacial score (nSPS) is 23.2. The number of halogens is 3. The van der Waals surface area contributed by atoms with Gasteiger partial charge in [0, 0.05) is 54.6 Å². The fourth-order valence-corrected chi connectivity index (χ4v) is 5.83. The van der Waals surface area contributed by atoms with Gasteiger partial charge >= 0.3 is 0 Å². The quantitative estimate of drug-likeness (QED) is 0.479. The molecule has 1 aliphatic carbocycles. The maximum atomic E-state index is 9.55. The summed E-state index contributed by atoms with van der Waals surface area (Å²) in [6.07, 6.45) is 4.80. The van der Waals surface area contributed by atoms with Crippen molar-refractivity contribution in [3.63, 3.8) is 0 Å². The molecule has 1 saturated carbocycles. The van der Waals surface area contributed by atoms with Gasteiger partial charge < -0.3 is 15.3 Å². The van der Waals surface area contributed by atoms with Crippen LogP contribution in [0.15, 0.2) is 36.4 Å². The zero-order chi connectivity index (χ0) is 22.7. The van der Waals surface area contributed by atoms with Crippen LogP contribution in [0.25, 0.3) is 0 Å². The summed E-state index contributed by atoms with van der Waals surface area (Å²) in [4.78, 5) is 5.06. The van der Waals surface area contributed by atoms with Crippen LogP contribution in [0.2, 0.25) is 15.1 Å². The predicted octanol–water partition coefficient (Wildman–Crippen LogP) is 6.49. The Morgan fingerprint density at radius 1 is 1.00 bits per heavy atom. The van der Waals surface area contributed by atoms with E-state index in [4.69, 9.17) is 34.8 Å². The van der Waals surface area contributed by atoms with Gasteiger partial charge in [-0.1, -0.05) is 47.3 Å². The predicted molar refractivity (Wildman–Crippen MR) is 137 cm³/mol. The lowest BCUT2D eigenvalue weighted by atomic mass is 9.85. The van der Waals surface area contributed by atoms with Crippen molar-refractivity contribution in [1.29, 1.82) is 0 Å². The summed E-state index contributed by atoms with van der Waals surface area (Å²) in [6.45, 7) is 6.52. The highest BCUT2D eigenvalue weighted by molar-refractivity contribution is 6.35. The third kappa shape index (κ3) is 5.66. The van der Waals surface area contributed by atoms with Crippen LogP contribution in [0, 0.1) is 5.92 Å². The lowest BCUT2D eigenvalue weighted by Crippen LogP contribution is -2.51. The van der Waals surface area contributed by atoms with Crippen LogP contribution in [0.3, 0.4) is 0 Å². The lowest BCUT2D eigenvalue weighted by molar-refractivity contribution is 0.0961. The summed E-state index contributed by atoms with van der Waals surface area (Å²) in [6, 6.07) is 12.4. The maximum Gasteiger partial charge on any atom is 0.0639 e. The Hall–Kier alpha value is -1.17. The molecule has 1 aliphatic heterocycles. The minimum Gasteiger partial charge on any atom is -0.396 e. The van der Waals surface area contributed by atoms with E-state index in [0.717, 1.165) is 43.9 Å². The number of hydrogen-bond donors (Lipinski definition) is 2. The first-order chi connectivity index (χ1) is 15.4. The summed E-state index contributed by atoms with van der Waals surface area (Å²) in [5.74, 6) is 0.479. The van der Waals surface area contributed by atoms with Crippen molar-refractivity contribution < 1.29 is 5.11 Å². The number of nitrogens with one attached hydrogen (secondary N) is 1. The first-order valence-corrected chi connectivity index (χ1v) is 12.7. The largest absolute Gasteiger partial charge is 0.396 e. The van der Waals surface area contributed by atoms with Gasteiger partial charge in [0.1, 0.15) is 0 Å². The van der Waals surface area contributed by atoms with E-state index in [1.54, 1.807) is 6.07 Å². The van der Waals surface area contributed by atoms with Crippen molar-refractivity contribution in [2.45, 2.75) is 44.7 Å². The van der Waals surface area contributed by atoms with Crippen LogP contribution in [0.5, 0.6) is 0 Å². The molecule has 2 fully saturated rings. The van der Waals surface area contributed by atoms with Crippen molar-refractivity contribution in [2.75, 3.05) is 43.0 Å². The third-order valence-electron chi connectivity index (χ3n) is 6.96. The summed E-state index contributed by atoms with van der Waals surface area (Å²) < 4.78 is 0. The molecule has 0 radical (unpaired) electrons. The summed E-state index contributed by atoms with van der Waals surface area (Å²) in [5, 5.41) is 15.0. The van der Waals surface area contributed by atoms with Crippen molar-refractivity contribution >= 4 is 46.2 Å². The molecule has 1 unspecified atom stereocenters. The zero-order valence-corrected chi connectivity index (χ0v) is 20.8. The molecule has 0 aromatic heterocycles. The molecule has 2 N–H and O–H groups in total. The monoisotopic (exact) mass is 495 g/mol. The van der Waals surface area contributed by atoms with Crippen LogP contribution in [0.4, 0.5) is 11.4 Å². The highest BCUT2D eigenvalue weighted by Gasteiger charge is 2.29. The Morgan fingerprint density at radius 2 is 1.78 bits per heavy atom. The Balaban J connectivity index is 1.39. The van der Waals surface area contributed by atoms with Crippen LogP contribution in [-0.4, -0.2) is 48.8 Å². The molecule has 4 rings (SSSR count). The number of rotatable bonds is 6. The SMILES string of the molecule is C[C@@H](Nc1cc(N2CCN([C@@H]3CCCC(CO)C3)CC2)ccc1Cl)c1ccc(Cl)cc1Cl. The highest BCUT2D eigenvalue weighted by Crippen LogP contribution is 2.34. The van der Waals surface area contributed by atoms with Gasteiger partial charge in [-0.05, 0) is 68.0 Å². The molecule has 32 heavy (non-hydrogen) atoms. The molecule has 0 spiro atoms. The lowest BCUT2D eigenvalue weighted by Gasteiger charge is -2.43. The second-order valence-corrected chi connectivity index (χ2v) is 10.3. The van der Waals surface area contributed by atoms with Crippen LogP contribution < -0.4 is 10.2 Å². The Kier molecular flexibility index (Phi) is 8.12. The topological polar surface area (TPSA) is 38.7 Å². The molecule has 2 aromatic rings. The molecule has 2 aliphatic rings. The van der Waals surface area contributed by atoms with E-state index < -0.39 is 0 Å². The second kappa shape index (κ2) is 10.8. The molecule has 0 amide bonds. The van der Waals surface area contributed by atoms with Crippen LogP contribution in [0.1, 0.15) is 44.2 Å². The smallest absolute Gasteiger partial charge is 0.0639 e. The molecule has 2 aromatic carbocycles. The van der Waals surface area contributed by atoms with Crippen molar-refractivity contribution in [2.24, 2.45) is 5.92 Å². The fraction of sp³-hybridized carbons (Fsp3) is 0.520. The number of aliphatic hydroxyl groups excluding tert-OH is 1. The first-order valence-electron chi connectivity index (χ1n) is 11.6. The maximum absolute atomic E-state index is 9.55. The van der Waals surface area contributed by atoms with E-state index in [9.17, 15) is 5.11 Å². The minimum atomic E-state index is -0.00450. The van der Waals surface area contributed by atoms with E-state index in [2.05, 4.69) is 34.2 Å². The Bertz CT molecular complexity index is 917. The van der Waals surface area contributed by atoms with Gasteiger partial charge in [-0.3, -0.25) is 4.90 Å². The number of anilines is 2. The fourth-order valence-electron chi connectivity index (χ4n) is 5.09. The van der Waals surface area contributed by atoms with E-state index in [1.807, 2.05) is 18.2 Å². The van der Waals surface area contributed by atoms with Crippen LogP contribution in [-0.2, 0) is 0 Å². The van der Waals surface area contributed by atoms with Crippen molar-refractivity contribution in [3.05, 3.63) is 57.0 Å². The average molecular weight is 497 g/mol. The number of benzene rings is 2. The van der Waals surface area contributed by atoms with Gasteiger partial charge in [0.15, 0.2) is 0 Å². The van der Waals surface area contributed by atoms with E-state index in [1.165, 1.54) is 24.9 Å². The molecular weight excluding hydrogens is 465 g/mol. The minimum absolute atomic E-state index is 0.00450. The molecule has 1 saturated heterocycles. The molecule has 0 bridgehead atoms. The van der Waals surface area contributed by atoms with Crippen molar-refractivity contribution in [1.82, 2.24) is 4.90 Å². The van der Waals surface area contributed by atoms with Crippen LogP contribution >= 0.6 is 34.8 Å². The summed E-state index contributed by atoms with van der Waals surface area (Å²) in [7, 11) is 0. The van der Waals surface area contributed by atoms with Gasteiger partial charge in [0.25, 0.3) is 0 Å². The standard InChI is InChI=1S/C25H32Cl3N3O/c1-17(22-7-5-19(26)14-24(22)28)29-25-15-21(6-8-23(25)27)31-11-9-30(10-12-31)20-4-2-3-18(13-20)16-32/h5-8,14-15,17-18,20,29,32H,2-4,9-13,16H2,1H3/t17-,18?,20-/m1/s1. The number of hydrogen-bond acceptors (Lipinski definition) is 4. The van der Waals surface area contributed by atoms with Gasteiger partial charge in [0.05, 0.1) is 16.8 Å². The average Bonchev–Trinajstić information content (AvgIpc) is 2.80. The number of nitrogens with zero attached hydrogens (tertiary/aromatic N) is 2. The van der Waals surface area contributed by atoms with Crippen molar-refractivity contribution in [3.8, 4) is 0 Å². The van der Waals surface area contributed by atoms with E-state index in [-0.39, 0.29) is 6.04 Å². The second-order valence-electron chi connectivity index (χ2n) is 9.09. The molecular formula is C25H32Cl3N3O. The molecule has 7 heteroatoms. The number of aliphatic hydroxyl groups is 1. The van der Waals surface area contributed by atoms with Gasteiger partial charge in [-0.25, -0.2) is 0 Å². The molecule has 3 atom stereocenters.